The molecule has 1 aliphatic heterocycles. The second kappa shape index (κ2) is 3.43. The Labute approximate surface area is 67.2 Å². The minimum atomic E-state index is 0.820. The number of nitrogens with zero attached hydrogens (tertiary/aromatic N) is 1. The van der Waals surface area contributed by atoms with Gasteiger partial charge in [-0.25, -0.2) is 0 Å². The molecule has 0 fully saturated rings. The molecule has 0 bridgehead atoms. The Balaban J connectivity index is 2.36. The van der Waals surface area contributed by atoms with Gasteiger partial charge in [0, 0.05) is 0 Å². The molecule has 0 spiro atoms. The van der Waals surface area contributed by atoms with Crippen molar-refractivity contribution in [2.75, 3.05) is 6.26 Å². The van der Waals surface area contributed by atoms with Gasteiger partial charge in [-0.05, 0) is 17.0 Å². The Morgan fingerprint density at radius 3 is 3.00 bits per heavy atom. The molecule has 0 radical (unpaired) electrons. The van der Waals surface area contributed by atoms with Gasteiger partial charge >= 0.3 is 0 Å². The molecule has 0 amide bonds. The zero-order chi connectivity index (χ0) is 6.69. The van der Waals surface area contributed by atoms with Crippen molar-refractivity contribution in [2.45, 2.75) is 6.42 Å². The number of hydrogen-bond acceptors (Lipinski definition) is 4. The maximum Gasteiger partial charge on any atom is 0.111 e. The van der Waals surface area contributed by atoms with Crippen molar-refractivity contribution in [3.8, 4) is 0 Å². The van der Waals surface area contributed by atoms with Crippen LogP contribution in [0.5, 0.6) is 0 Å². The Hall–Kier alpha value is 0.260. The summed E-state index contributed by atoms with van der Waals surface area (Å²) in [7, 11) is 3.35. The molecule has 1 N–H and O–H groups in total. The standard InChI is InChI=1S/C4H6N2S3/c1-8-9-4-2-3(7)5-6-4/h2H2,1H3,(H,5,7). The van der Waals surface area contributed by atoms with Crippen LogP contribution in [0.2, 0.25) is 0 Å². The second-order valence-electron chi connectivity index (χ2n) is 1.47. The fourth-order valence-corrected chi connectivity index (χ4v) is 2.10. The van der Waals surface area contributed by atoms with Crippen LogP contribution in [0.15, 0.2) is 5.10 Å². The summed E-state index contributed by atoms with van der Waals surface area (Å²) < 4.78 is 0. The molecule has 0 saturated heterocycles. The van der Waals surface area contributed by atoms with Crippen LogP contribution < -0.4 is 5.43 Å². The Morgan fingerprint density at radius 2 is 2.56 bits per heavy atom. The van der Waals surface area contributed by atoms with Crippen molar-refractivity contribution in [3.63, 3.8) is 0 Å². The van der Waals surface area contributed by atoms with E-state index in [1.165, 1.54) is 0 Å². The second-order valence-corrected chi connectivity index (χ2v) is 4.43. The lowest BCUT2D eigenvalue weighted by Crippen LogP contribution is -2.05. The summed E-state index contributed by atoms with van der Waals surface area (Å²) in [6, 6.07) is 0. The number of nitrogens with one attached hydrogen (secondary N) is 1. The summed E-state index contributed by atoms with van der Waals surface area (Å²) >= 11 is 4.86. The van der Waals surface area contributed by atoms with E-state index >= 15 is 0 Å². The first-order chi connectivity index (χ1) is 4.33. The van der Waals surface area contributed by atoms with Gasteiger partial charge in [-0.1, -0.05) is 23.0 Å². The lowest BCUT2D eigenvalue weighted by molar-refractivity contribution is 1.08. The third-order valence-corrected chi connectivity index (χ3v) is 2.70. The molecule has 9 heavy (non-hydrogen) atoms. The molecule has 0 saturated carbocycles. The topological polar surface area (TPSA) is 24.4 Å². The van der Waals surface area contributed by atoms with E-state index < -0.39 is 0 Å². The van der Waals surface area contributed by atoms with Crippen LogP contribution in [0, 0.1) is 0 Å². The largest absolute Gasteiger partial charge is 0.271 e. The number of thiocarbonyl (C=S) groups is 1. The van der Waals surface area contributed by atoms with Crippen molar-refractivity contribution in [1.29, 1.82) is 0 Å². The van der Waals surface area contributed by atoms with E-state index in [1.54, 1.807) is 21.6 Å². The Morgan fingerprint density at radius 1 is 1.78 bits per heavy atom. The zero-order valence-corrected chi connectivity index (χ0v) is 7.33. The normalized spacial score (nSPS) is 17.4. The summed E-state index contributed by atoms with van der Waals surface area (Å²) in [4.78, 5) is 0.826. The first kappa shape index (κ1) is 7.37. The number of rotatable bonds is 1. The predicted molar refractivity (Wildman–Crippen MR) is 48.9 cm³/mol. The summed E-state index contributed by atoms with van der Waals surface area (Å²) in [5.41, 5.74) is 2.74. The lowest BCUT2D eigenvalue weighted by Gasteiger charge is -1.88. The SMILES string of the molecule is CSSC1=NNC(=S)C1. The summed E-state index contributed by atoms with van der Waals surface area (Å²) in [6.07, 6.45) is 2.84. The highest BCUT2D eigenvalue weighted by Gasteiger charge is 2.10. The van der Waals surface area contributed by atoms with Crippen LogP contribution in [0.3, 0.4) is 0 Å². The molecule has 1 heterocycles. The average molecular weight is 178 g/mol. The average Bonchev–Trinajstić information content (AvgIpc) is 2.17. The molecule has 0 aromatic carbocycles. The van der Waals surface area contributed by atoms with Gasteiger partial charge < -0.3 is 0 Å². The fourth-order valence-electron chi connectivity index (χ4n) is 0.485. The minimum absolute atomic E-state index is 0.820. The third-order valence-electron chi connectivity index (χ3n) is 0.797. The molecule has 0 atom stereocenters. The van der Waals surface area contributed by atoms with Crippen molar-refractivity contribution in [1.82, 2.24) is 5.43 Å². The van der Waals surface area contributed by atoms with Crippen LogP contribution in [0.1, 0.15) is 6.42 Å². The predicted octanol–water partition coefficient (Wildman–Crippen LogP) is 1.63. The molecular formula is C4H6N2S3. The summed E-state index contributed by atoms with van der Waals surface area (Å²) in [5, 5.41) is 5.05. The van der Waals surface area contributed by atoms with Crippen LogP contribution in [-0.4, -0.2) is 16.3 Å². The molecule has 5 heteroatoms. The van der Waals surface area contributed by atoms with E-state index in [0.717, 1.165) is 16.5 Å². The van der Waals surface area contributed by atoms with E-state index in [-0.39, 0.29) is 0 Å². The van der Waals surface area contributed by atoms with Gasteiger partial charge in [-0.2, -0.15) is 5.10 Å². The highest BCUT2D eigenvalue weighted by Crippen LogP contribution is 2.22. The quantitative estimate of drug-likeness (QED) is 0.487. The van der Waals surface area contributed by atoms with Gasteiger partial charge in [0.1, 0.15) is 10.0 Å². The maximum atomic E-state index is 4.86. The summed E-state index contributed by atoms with van der Waals surface area (Å²) in [6.45, 7) is 0. The van der Waals surface area contributed by atoms with Crippen LogP contribution in [0.25, 0.3) is 0 Å². The highest BCUT2D eigenvalue weighted by molar-refractivity contribution is 8.82. The van der Waals surface area contributed by atoms with Crippen molar-refractivity contribution >= 4 is 43.8 Å². The van der Waals surface area contributed by atoms with E-state index in [9.17, 15) is 0 Å². The van der Waals surface area contributed by atoms with Crippen LogP contribution in [-0.2, 0) is 0 Å². The summed E-state index contributed by atoms with van der Waals surface area (Å²) in [5.74, 6) is 0. The molecule has 50 valence electrons. The lowest BCUT2D eigenvalue weighted by atomic mass is 10.5. The first-order valence-corrected chi connectivity index (χ1v) is 5.35. The van der Waals surface area contributed by atoms with Crippen molar-refractivity contribution < 1.29 is 0 Å². The molecule has 0 aromatic heterocycles. The molecular weight excluding hydrogens is 172 g/mol. The van der Waals surface area contributed by atoms with Crippen LogP contribution in [0.4, 0.5) is 0 Å². The molecule has 0 aromatic rings. The molecule has 0 unspecified atom stereocenters. The van der Waals surface area contributed by atoms with Gasteiger partial charge in [0.2, 0.25) is 0 Å². The first-order valence-electron chi connectivity index (χ1n) is 2.39. The smallest absolute Gasteiger partial charge is 0.111 e. The van der Waals surface area contributed by atoms with Crippen molar-refractivity contribution in [3.05, 3.63) is 0 Å². The minimum Gasteiger partial charge on any atom is -0.271 e. The highest BCUT2D eigenvalue weighted by atomic mass is 33.1. The third kappa shape index (κ3) is 2.15. The van der Waals surface area contributed by atoms with Gasteiger partial charge in [0.15, 0.2) is 0 Å². The zero-order valence-electron chi connectivity index (χ0n) is 4.88. The molecule has 1 aliphatic rings. The van der Waals surface area contributed by atoms with Gasteiger partial charge in [-0.15, -0.1) is 0 Å². The molecule has 0 aliphatic carbocycles. The number of hydrogen-bond donors (Lipinski definition) is 1. The monoisotopic (exact) mass is 178 g/mol. The molecule has 2 nitrogen and oxygen atoms in total. The Bertz CT molecular complexity index is 154. The van der Waals surface area contributed by atoms with Crippen LogP contribution >= 0.6 is 33.8 Å². The Kier molecular flexibility index (Phi) is 2.81. The van der Waals surface area contributed by atoms with Gasteiger partial charge in [0.25, 0.3) is 0 Å². The van der Waals surface area contributed by atoms with E-state index in [1.807, 2.05) is 6.26 Å². The van der Waals surface area contributed by atoms with Gasteiger partial charge in [0.05, 0.1) is 6.42 Å². The fraction of sp³-hybridized carbons (Fsp3) is 0.500. The maximum absolute atomic E-state index is 4.86. The van der Waals surface area contributed by atoms with Crippen molar-refractivity contribution in [2.24, 2.45) is 5.10 Å². The van der Waals surface area contributed by atoms with E-state index in [2.05, 4.69) is 10.5 Å². The van der Waals surface area contributed by atoms with E-state index in [0.29, 0.717) is 0 Å². The number of hydrazone groups is 1. The van der Waals surface area contributed by atoms with E-state index in [4.69, 9.17) is 12.2 Å². The van der Waals surface area contributed by atoms with Gasteiger partial charge in [-0.3, -0.25) is 5.43 Å². The molecule has 1 rings (SSSR count).